The van der Waals surface area contributed by atoms with Crippen molar-refractivity contribution < 1.29 is 35.7 Å². The van der Waals surface area contributed by atoms with Gasteiger partial charge in [0.05, 0.1) is 13.2 Å². The van der Waals surface area contributed by atoms with Crippen LogP contribution in [0.5, 0.6) is 0 Å². The maximum atomic E-state index is 12.6. The Bertz CT molecular complexity index is 1490. The summed E-state index contributed by atoms with van der Waals surface area (Å²) >= 11 is 0. The highest BCUT2D eigenvalue weighted by molar-refractivity contribution is 6.99. The molecule has 46 heavy (non-hydrogen) atoms. The van der Waals surface area contributed by atoms with Gasteiger partial charge in [0, 0.05) is 28.0 Å². The molecule has 0 amide bonds. The van der Waals surface area contributed by atoms with Crippen LogP contribution in [0, 0.1) is 0 Å². The number of rotatable bonds is 14. The van der Waals surface area contributed by atoms with Gasteiger partial charge in [0.15, 0.2) is 6.10 Å². The molecule has 1 aliphatic rings. The summed E-state index contributed by atoms with van der Waals surface area (Å²) in [5, 5.41) is 5.38. The average molecular weight is 648 g/mol. The standard InChI is InChI=1S/C35H43N3O7Si/c1-26(39)43-31-32(41-24-28-16-9-6-10-17-28)35(22-15-23-37-38-36,45-33(31)44-27(2)40)25-42-46(34(3,4)5,29-18-11-7-12-19-29)30-20-13-8-14-21-30/h6-14,16-21,31-33H,15,22-25H2,1-5H3/t31-,32+,33?,35-/m1/s1/i1D,2D. The Morgan fingerprint density at radius 1 is 0.935 bits per heavy atom. The van der Waals surface area contributed by atoms with Gasteiger partial charge in [-0.15, -0.1) is 0 Å². The van der Waals surface area contributed by atoms with Gasteiger partial charge in [-0.05, 0) is 39.3 Å². The highest BCUT2D eigenvalue weighted by atomic mass is 28.4. The summed E-state index contributed by atoms with van der Waals surface area (Å²) in [6.07, 6.45) is -3.20. The van der Waals surface area contributed by atoms with Crippen molar-refractivity contribution in [3.63, 3.8) is 0 Å². The molecule has 1 saturated heterocycles. The van der Waals surface area contributed by atoms with Crippen molar-refractivity contribution in [2.75, 3.05) is 13.2 Å². The minimum Gasteiger partial charge on any atom is -0.453 e. The average Bonchev–Trinajstić information content (AvgIpc) is 3.37. The highest BCUT2D eigenvalue weighted by Crippen LogP contribution is 2.43. The van der Waals surface area contributed by atoms with Gasteiger partial charge < -0.3 is 23.4 Å². The molecule has 244 valence electrons. The maximum absolute atomic E-state index is 12.6. The van der Waals surface area contributed by atoms with Crippen molar-refractivity contribution in [3.05, 3.63) is 107 Å². The monoisotopic (exact) mass is 647 g/mol. The van der Waals surface area contributed by atoms with E-state index < -0.39 is 63.2 Å². The second kappa shape index (κ2) is 15.5. The lowest BCUT2D eigenvalue weighted by Crippen LogP contribution is -2.68. The Morgan fingerprint density at radius 3 is 2.04 bits per heavy atom. The van der Waals surface area contributed by atoms with Gasteiger partial charge in [0.2, 0.25) is 6.29 Å². The van der Waals surface area contributed by atoms with E-state index in [0.717, 1.165) is 15.9 Å². The quantitative estimate of drug-likeness (QED) is 0.0538. The summed E-state index contributed by atoms with van der Waals surface area (Å²) in [7, 11) is -3.15. The van der Waals surface area contributed by atoms with E-state index in [1.165, 1.54) is 0 Å². The van der Waals surface area contributed by atoms with E-state index in [2.05, 4.69) is 55.1 Å². The normalized spacial score (nSPS) is 21.8. The highest BCUT2D eigenvalue weighted by Gasteiger charge is 2.61. The smallest absolute Gasteiger partial charge is 0.305 e. The zero-order valence-corrected chi connectivity index (χ0v) is 27.5. The molecule has 0 radical (unpaired) electrons. The van der Waals surface area contributed by atoms with Crippen molar-refractivity contribution >= 4 is 30.6 Å². The fourth-order valence-electron chi connectivity index (χ4n) is 6.18. The molecule has 0 bridgehead atoms. The molecule has 11 heteroatoms. The van der Waals surface area contributed by atoms with Gasteiger partial charge >= 0.3 is 11.9 Å². The minimum atomic E-state index is -3.15. The van der Waals surface area contributed by atoms with Gasteiger partial charge in [0.25, 0.3) is 8.32 Å². The third-order valence-electron chi connectivity index (χ3n) is 8.09. The maximum Gasteiger partial charge on any atom is 0.305 e. The summed E-state index contributed by atoms with van der Waals surface area (Å²) in [5.41, 5.74) is 8.46. The van der Waals surface area contributed by atoms with E-state index >= 15 is 0 Å². The van der Waals surface area contributed by atoms with Crippen molar-refractivity contribution in [1.29, 1.82) is 0 Å². The zero-order chi connectivity index (χ0) is 34.6. The molecule has 0 saturated carbocycles. The predicted molar refractivity (Wildman–Crippen MR) is 177 cm³/mol. The third-order valence-corrected chi connectivity index (χ3v) is 13.1. The van der Waals surface area contributed by atoms with E-state index in [1.54, 1.807) is 0 Å². The number of azide groups is 1. The van der Waals surface area contributed by atoms with Crippen LogP contribution >= 0.6 is 0 Å². The number of carbonyl (C=O) groups is 2. The van der Waals surface area contributed by atoms with Gasteiger partial charge in [-0.3, -0.25) is 9.59 Å². The summed E-state index contributed by atoms with van der Waals surface area (Å²) < 4.78 is 47.0. The molecule has 0 N–H and O–H groups in total. The van der Waals surface area contributed by atoms with E-state index in [1.807, 2.05) is 66.7 Å². The lowest BCUT2D eigenvalue weighted by molar-refractivity contribution is -0.209. The van der Waals surface area contributed by atoms with Gasteiger partial charge in [-0.25, -0.2) is 0 Å². The van der Waals surface area contributed by atoms with Gasteiger partial charge in [-0.1, -0.05) is 117 Å². The Labute approximate surface area is 274 Å². The summed E-state index contributed by atoms with van der Waals surface area (Å²) in [6, 6.07) is 29.5. The number of hydrogen-bond acceptors (Lipinski definition) is 8. The lowest BCUT2D eigenvalue weighted by Gasteiger charge is -2.45. The minimum absolute atomic E-state index is 0.0696. The van der Waals surface area contributed by atoms with Gasteiger partial charge in [0.1, 0.15) is 11.7 Å². The third kappa shape index (κ3) is 8.04. The van der Waals surface area contributed by atoms with Crippen LogP contribution in [0.2, 0.25) is 5.04 Å². The summed E-state index contributed by atoms with van der Waals surface area (Å²) in [4.78, 5) is 28.0. The molecule has 1 fully saturated rings. The molecule has 1 aliphatic heterocycles. The number of esters is 2. The van der Waals surface area contributed by atoms with E-state index in [9.17, 15) is 9.59 Å². The fraction of sp³-hybridized carbons (Fsp3) is 0.429. The Balaban J connectivity index is 1.87. The molecule has 0 spiro atoms. The first-order valence-electron chi connectivity index (χ1n) is 16.6. The number of benzene rings is 3. The molecular weight excluding hydrogens is 602 g/mol. The van der Waals surface area contributed by atoms with Crippen molar-refractivity contribution in [1.82, 2.24) is 0 Å². The first-order chi connectivity index (χ1) is 23.1. The topological polar surface area (TPSA) is 129 Å². The Kier molecular flexibility index (Phi) is 10.8. The fourth-order valence-corrected chi connectivity index (χ4v) is 10.8. The van der Waals surface area contributed by atoms with Crippen LogP contribution in [0.15, 0.2) is 96.1 Å². The molecule has 1 heterocycles. The molecular formula is C35H43N3O7Si. The van der Waals surface area contributed by atoms with Crippen molar-refractivity contribution in [2.24, 2.45) is 5.11 Å². The number of carbonyl (C=O) groups excluding carboxylic acids is 2. The molecule has 1 unspecified atom stereocenters. The van der Waals surface area contributed by atoms with Crippen LogP contribution in [0.4, 0.5) is 0 Å². The Hall–Kier alpha value is -3.99. The van der Waals surface area contributed by atoms with Crippen LogP contribution in [-0.2, 0) is 39.6 Å². The second-order valence-corrected chi connectivity index (χ2v) is 16.5. The number of nitrogens with zero attached hydrogens (tertiary/aromatic N) is 3. The molecule has 4 atom stereocenters. The van der Waals surface area contributed by atoms with E-state index in [4.69, 9.17) is 31.6 Å². The second-order valence-electron chi connectivity index (χ2n) is 12.2. The van der Waals surface area contributed by atoms with Gasteiger partial charge in [-0.2, -0.15) is 0 Å². The largest absolute Gasteiger partial charge is 0.453 e. The van der Waals surface area contributed by atoms with Crippen LogP contribution in [0.1, 0.15) is 55.7 Å². The van der Waals surface area contributed by atoms with Crippen LogP contribution in [0.25, 0.3) is 10.4 Å². The van der Waals surface area contributed by atoms with E-state index in [-0.39, 0.29) is 26.2 Å². The van der Waals surface area contributed by atoms with Crippen molar-refractivity contribution in [3.8, 4) is 0 Å². The molecule has 0 aromatic heterocycles. The van der Waals surface area contributed by atoms with Crippen LogP contribution in [-0.4, -0.2) is 57.5 Å². The zero-order valence-electron chi connectivity index (χ0n) is 28.5. The Morgan fingerprint density at radius 2 is 1.50 bits per heavy atom. The SMILES string of the molecule is [2H]CC(=O)OC1O[C@](CCCN=[N+]=[N-])(CO[Si](c2ccccc2)(c2ccccc2)C(C)(C)C)[C@@H](OCc2ccccc2)[C@H]1OC(=O)C[2H]. The molecule has 3 aromatic carbocycles. The molecule has 10 nitrogen and oxygen atoms in total. The first kappa shape index (κ1) is 32.0. The lowest BCUT2D eigenvalue weighted by atomic mass is 9.90. The molecule has 3 aromatic rings. The number of ether oxygens (including phenoxy) is 4. The predicted octanol–water partition coefficient (Wildman–Crippen LogP) is 5.83. The van der Waals surface area contributed by atoms with Crippen LogP contribution < -0.4 is 10.4 Å². The molecule has 4 rings (SSSR count). The summed E-state index contributed by atoms with van der Waals surface area (Å²) in [6.45, 7) is 5.24. The molecule has 0 aliphatic carbocycles. The summed E-state index contributed by atoms with van der Waals surface area (Å²) in [5.74, 6) is -1.74. The van der Waals surface area contributed by atoms with E-state index in [0.29, 0.717) is 6.42 Å². The van der Waals surface area contributed by atoms with Crippen LogP contribution in [0.3, 0.4) is 0 Å². The number of hydrogen-bond donors (Lipinski definition) is 0. The first-order valence-corrected chi connectivity index (χ1v) is 17.1. The van der Waals surface area contributed by atoms with Crippen molar-refractivity contribution in [2.45, 2.75) is 83.2 Å².